The van der Waals surface area contributed by atoms with Gasteiger partial charge in [-0.15, -0.1) is 11.3 Å². The van der Waals surface area contributed by atoms with Crippen molar-refractivity contribution in [3.63, 3.8) is 0 Å². The van der Waals surface area contributed by atoms with Gasteiger partial charge in [-0.05, 0) is 44.7 Å². The maximum atomic E-state index is 12.7. The first-order valence-electron chi connectivity index (χ1n) is 11.1. The number of rotatable bonds is 8. The van der Waals surface area contributed by atoms with Gasteiger partial charge in [0.15, 0.2) is 0 Å². The summed E-state index contributed by atoms with van der Waals surface area (Å²) in [7, 11) is 2.10. The summed E-state index contributed by atoms with van der Waals surface area (Å²) >= 11 is 1.63. The number of hydrogen-bond donors (Lipinski definition) is 0. The average molecular weight is 454 g/mol. The predicted molar refractivity (Wildman–Crippen MR) is 126 cm³/mol. The van der Waals surface area contributed by atoms with Crippen LogP contribution in [0.5, 0.6) is 5.75 Å². The molecule has 1 aliphatic rings. The fourth-order valence-corrected chi connectivity index (χ4v) is 4.71. The minimum atomic E-state index is 0.125. The summed E-state index contributed by atoms with van der Waals surface area (Å²) in [6, 6.07) is 10.3. The van der Waals surface area contributed by atoms with E-state index in [0.29, 0.717) is 6.54 Å². The van der Waals surface area contributed by atoms with Gasteiger partial charge in [0.2, 0.25) is 5.91 Å². The third kappa shape index (κ3) is 5.95. The number of piperidine rings is 1. The maximum Gasteiger partial charge on any atom is 0.244 e. The van der Waals surface area contributed by atoms with Crippen molar-refractivity contribution >= 4 is 17.2 Å². The Morgan fingerprint density at radius 2 is 2.03 bits per heavy atom. The minimum Gasteiger partial charge on any atom is -0.490 e. The number of ether oxygens (including phenoxy) is 1. The van der Waals surface area contributed by atoms with Crippen molar-refractivity contribution in [1.82, 2.24) is 24.6 Å². The number of nitrogens with zero attached hydrogens (tertiary/aromatic N) is 5. The summed E-state index contributed by atoms with van der Waals surface area (Å²) in [5.41, 5.74) is 6.16. The largest absolute Gasteiger partial charge is 0.490 e. The van der Waals surface area contributed by atoms with E-state index in [0.717, 1.165) is 61.9 Å². The Hall–Kier alpha value is -2.71. The smallest absolute Gasteiger partial charge is 0.244 e. The summed E-state index contributed by atoms with van der Waals surface area (Å²) < 4.78 is 8.06. The van der Waals surface area contributed by atoms with Crippen LogP contribution in [-0.4, -0.2) is 56.7 Å². The predicted octanol–water partition coefficient (Wildman–Crippen LogP) is 3.66. The second kappa shape index (κ2) is 10.3. The van der Waals surface area contributed by atoms with Crippen LogP contribution in [-0.2, 0) is 24.4 Å². The van der Waals surface area contributed by atoms with Crippen LogP contribution in [0.15, 0.2) is 41.2 Å². The molecule has 32 heavy (non-hydrogen) atoms. The number of thiazole rings is 1. The fraction of sp³-hybridized carbons (Fsp3) is 0.458. The van der Waals surface area contributed by atoms with Gasteiger partial charge in [-0.25, -0.2) is 4.98 Å². The first-order chi connectivity index (χ1) is 15.5. The fourth-order valence-electron chi connectivity index (χ4n) is 4.16. The number of aromatic nitrogens is 3. The van der Waals surface area contributed by atoms with Gasteiger partial charge in [-0.1, -0.05) is 12.1 Å². The Bertz CT molecular complexity index is 1020. The average Bonchev–Trinajstić information content (AvgIpc) is 3.37. The van der Waals surface area contributed by atoms with E-state index in [1.165, 1.54) is 5.56 Å². The lowest BCUT2D eigenvalue weighted by molar-refractivity contribution is -0.133. The van der Waals surface area contributed by atoms with Crippen LogP contribution < -0.4 is 4.74 Å². The molecule has 3 heterocycles. The van der Waals surface area contributed by atoms with Gasteiger partial charge >= 0.3 is 0 Å². The Labute approximate surface area is 193 Å². The molecule has 170 valence electrons. The Kier molecular flexibility index (Phi) is 7.22. The highest BCUT2D eigenvalue weighted by Gasteiger charge is 2.24. The number of carbonyl (C=O) groups excluding carboxylic acids is 1. The van der Waals surface area contributed by atoms with Crippen molar-refractivity contribution in [3.8, 4) is 5.75 Å². The molecule has 4 rings (SSSR count). The van der Waals surface area contributed by atoms with Crippen molar-refractivity contribution in [1.29, 1.82) is 0 Å². The molecule has 1 saturated heterocycles. The van der Waals surface area contributed by atoms with E-state index >= 15 is 0 Å². The van der Waals surface area contributed by atoms with Crippen molar-refractivity contribution in [2.45, 2.75) is 52.4 Å². The van der Waals surface area contributed by atoms with Gasteiger partial charge in [-0.3, -0.25) is 14.4 Å². The molecular weight excluding hydrogens is 422 g/mol. The standard InChI is InChI=1S/C24H31N5O2S/c1-18-11-19(2)29(26-18)15-24(30)28-9-7-22(8-10-28)31-23-6-4-5-20(12-23)13-27(3)14-21-16-32-17-25-21/h4-6,11-12,16-17,22H,7-10,13-15H2,1-3H3. The highest BCUT2D eigenvalue weighted by Crippen LogP contribution is 2.21. The summed E-state index contributed by atoms with van der Waals surface area (Å²) in [6.07, 6.45) is 1.82. The van der Waals surface area contributed by atoms with Crippen LogP contribution in [0, 0.1) is 13.8 Å². The monoisotopic (exact) mass is 453 g/mol. The van der Waals surface area contributed by atoms with Crippen molar-refractivity contribution in [3.05, 3.63) is 63.9 Å². The van der Waals surface area contributed by atoms with E-state index in [1.54, 1.807) is 16.0 Å². The van der Waals surface area contributed by atoms with E-state index in [2.05, 4.69) is 45.6 Å². The van der Waals surface area contributed by atoms with Crippen molar-refractivity contribution < 1.29 is 9.53 Å². The van der Waals surface area contributed by atoms with Gasteiger partial charge in [0.25, 0.3) is 0 Å². The van der Waals surface area contributed by atoms with Crippen LogP contribution in [0.25, 0.3) is 0 Å². The summed E-state index contributed by atoms with van der Waals surface area (Å²) in [4.78, 5) is 21.2. The topological polar surface area (TPSA) is 63.5 Å². The molecule has 0 aliphatic carbocycles. The number of carbonyl (C=O) groups is 1. The molecular formula is C24H31N5O2S. The molecule has 0 N–H and O–H groups in total. The molecule has 7 nitrogen and oxygen atoms in total. The zero-order valence-electron chi connectivity index (χ0n) is 19.0. The molecule has 3 aromatic rings. The van der Waals surface area contributed by atoms with Crippen LogP contribution in [0.3, 0.4) is 0 Å². The van der Waals surface area contributed by atoms with E-state index in [9.17, 15) is 4.79 Å². The molecule has 2 aromatic heterocycles. The number of aryl methyl sites for hydroxylation is 2. The van der Waals surface area contributed by atoms with Gasteiger partial charge in [0.05, 0.1) is 16.9 Å². The normalized spacial score (nSPS) is 14.8. The molecule has 0 bridgehead atoms. The Balaban J connectivity index is 1.25. The van der Waals surface area contributed by atoms with E-state index in [1.807, 2.05) is 36.4 Å². The summed E-state index contributed by atoms with van der Waals surface area (Å²) in [5.74, 6) is 1.02. The molecule has 0 saturated carbocycles. The highest BCUT2D eigenvalue weighted by molar-refractivity contribution is 7.07. The lowest BCUT2D eigenvalue weighted by atomic mass is 10.1. The zero-order chi connectivity index (χ0) is 22.5. The van der Waals surface area contributed by atoms with Crippen molar-refractivity contribution in [2.75, 3.05) is 20.1 Å². The van der Waals surface area contributed by atoms with Crippen LogP contribution in [0.1, 0.15) is 35.5 Å². The van der Waals surface area contributed by atoms with E-state index in [-0.39, 0.29) is 12.0 Å². The molecule has 1 aliphatic heterocycles. The van der Waals surface area contributed by atoms with Crippen LogP contribution in [0.2, 0.25) is 0 Å². The SMILES string of the molecule is Cc1cc(C)n(CC(=O)N2CCC(Oc3cccc(CN(C)Cc4cscn4)c3)CC2)n1. The molecule has 1 fully saturated rings. The number of amides is 1. The Morgan fingerprint density at radius 1 is 1.22 bits per heavy atom. The van der Waals surface area contributed by atoms with E-state index < -0.39 is 0 Å². The lowest BCUT2D eigenvalue weighted by Crippen LogP contribution is -2.43. The van der Waals surface area contributed by atoms with Crippen LogP contribution in [0.4, 0.5) is 0 Å². The minimum absolute atomic E-state index is 0.125. The molecule has 0 unspecified atom stereocenters. The molecule has 0 radical (unpaired) electrons. The molecule has 8 heteroatoms. The first-order valence-corrected chi connectivity index (χ1v) is 12.0. The van der Waals surface area contributed by atoms with Gasteiger partial charge in [0.1, 0.15) is 18.4 Å². The number of hydrogen-bond acceptors (Lipinski definition) is 6. The second-order valence-electron chi connectivity index (χ2n) is 8.58. The highest BCUT2D eigenvalue weighted by atomic mass is 32.1. The van der Waals surface area contributed by atoms with Gasteiger partial charge < -0.3 is 9.64 Å². The molecule has 0 spiro atoms. The zero-order valence-corrected chi connectivity index (χ0v) is 19.8. The molecule has 0 atom stereocenters. The molecule has 1 amide bonds. The number of likely N-dealkylation sites (tertiary alicyclic amines) is 1. The van der Waals surface area contributed by atoms with Gasteiger partial charge in [0, 0.05) is 50.1 Å². The van der Waals surface area contributed by atoms with Gasteiger partial charge in [-0.2, -0.15) is 5.10 Å². The summed E-state index contributed by atoms with van der Waals surface area (Å²) in [5, 5.41) is 6.49. The number of benzene rings is 1. The van der Waals surface area contributed by atoms with Crippen molar-refractivity contribution in [2.24, 2.45) is 0 Å². The van der Waals surface area contributed by atoms with E-state index in [4.69, 9.17) is 4.74 Å². The van der Waals surface area contributed by atoms with Crippen LogP contribution >= 0.6 is 11.3 Å². The quantitative estimate of drug-likeness (QED) is 0.521. The molecule has 1 aromatic carbocycles. The first kappa shape index (κ1) is 22.5. The third-order valence-electron chi connectivity index (χ3n) is 5.75. The second-order valence-corrected chi connectivity index (χ2v) is 9.30. The summed E-state index contributed by atoms with van der Waals surface area (Å²) in [6.45, 7) is 7.36. The Morgan fingerprint density at radius 3 is 2.72 bits per heavy atom. The maximum absolute atomic E-state index is 12.7. The third-order valence-corrected chi connectivity index (χ3v) is 6.39. The lowest BCUT2D eigenvalue weighted by Gasteiger charge is -2.32.